The van der Waals surface area contributed by atoms with Gasteiger partial charge in [0.05, 0.1) is 31.9 Å². The molecule has 6 aromatic rings. The van der Waals surface area contributed by atoms with Crippen molar-refractivity contribution < 1.29 is 14.4 Å². The maximum absolute atomic E-state index is 13.0. The lowest BCUT2D eigenvalue weighted by Gasteiger charge is -2.07. The molecule has 44 heavy (non-hydrogen) atoms. The summed E-state index contributed by atoms with van der Waals surface area (Å²) >= 11 is 17.8. The molecule has 0 saturated carbocycles. The Morgan fingerprint density at radius 2 is 1.02 bits per heavy atom. The van der Waals surface area contributed by atoms with E-state index in [1.165, 1.54) is 46.2 Å². The number of hydrogen-bond donors (Lipinski definition) is 2. The Hall–Kier alpha value is -3.45. The Bertz CT molecular complexity index is 1870. The number of nitrogens with zero attached hydrogens (tertiary/aromatic N) is 2. The summed E-state index contributed by atoms with van der Waals surface area (Å²) in [7, 11) is 0. The molecular formula is C31H20Cl2N4O3S4. The maximum atomic E-state index is 13.0. The molecule has 0 saturated heterocycles. The van der Waals surface area contributed by atoms with Gasteiger partial charge in [0, 0.05) is 32.5 Å². The van der Waals surface area contributed by atoms with Crippen molar-refractivity contribution in [3.05, 3.63) is 106 Å². The van der Waals surface area contributed by atoms with Crippen LogP contribution < -0.4 is 10.6 Å². The minimum atomic E-state index is -0.174. The molecule has 4 aromatic carbocycles. The zero-order chi connectivity index (χ0) is 30.6. The fraction of sp³-hybridized carbons (Fsp3) is 0.0645. The van der Waals surface area contributed by atoms with Crippen LogP contribution in [0.4, 0.5) is 11.4 Å². The number of benzene rings is 4. The van der Waals surface area contributed by atoms with Crippen LogP contribution in [0.3, 0.4) is 0 Å². The molecule has 2 aromatic heterocycles. The van der Waals surface area contributed by atoms with Gasteiger partial charge < -0.3 is 10.6 Å². The van der Waals surface area contributed by atoms with Crippen LogP contribution >= 0.6 is 69.4 Å². The lowest BCUT2D eigenvalue weighted by molar-refractivity contribution is -0.114. The zero-order valence-electron chi connectivity index (χ0n) is 22.5. The lowest BCUT2D eigenvalue weighted by atomic mass is 10.0. The number of rotatable bonds is 10. The van der Waals surface area contributed by atoms with Crippen molar-refractivity contribution in [2.75, 3.05) is 22.1 Å². The van der Waals surface area contributed by atoms with Crippen molar-refractivity contribution in [1.29, 1.82) is 0 Å². The van der Waals surface area contributed by atoms with E-state index in [9.17, 15) is 14.4 Å². The van der Waals surface area contributed by atoms with Crippen LogP contribution in [0.1, 0.15) is 15.9 Å². The molecule has 0 bridgehead atoms. The van der Waals surface area contributed by atoms with Crippen molar-refractivity contribution in [2.45, 2.75) is 8.68 Å². The van der Waals surface area contributed by atoms with Gasteiger partial charge in [0.1, 0.15) is 0 Å². The standard InChI is InChI=1S/C31H20Cl2N4O3S4/c32-19-5-11-25-23(13-19)36-30(43-25)41-15-27(38)34-21-7-1-17(2-8-21)29(40)18-3-9-22(10-4-18)35-28(39)16-42-31-37-24-14-20(33)6-12-26(24)44-31/h1-14H,15-16H2,(H,34,38)(H,35,39). The van der Waals surface area contributed by atoms with E-state index in [1.54, 1.807) is 60.7 Å². The Kier molecular flexibility index (Phi) is 9.50. The highest BCUT2D eigenvalue weighted by molar-refractivity contribution is 8.02. The van der Waals surface area contributed by atoms with Gasteiger partial charge in [0.15, 0.2) is 14.5 Å². The molecule has 6 rings (SSSR count). The second kappa shape index (κ2) is 13.7. The van der Waals surface area contributed by atoms with E-state index in [-0.39, 0.29) is 29.1 Å². The molecule has 0 fully saturated rings. The summed E-state index contributed by atoms with van der Waals surface area (Å²) in [5.41, 5.74) is 3.77. The average Bonchev–Trinajstić information content (AvgIpc) is 3.62. The van der Waals surface area contributed by atoms with Crippen LogP contribution in [0.25, 0.3) is 20.4 Å². The quantitative estimate of drug-likeness (QED) is 0.109. The molecule has 2 heterocycles. The first-order chi connectivity index (χ1) is 21.3. The first-order valence-electron chi connectivity index (χ1n) is 13.0. The van der Waals surface area contributed by atoms with Crippen molar-refractivity contribution >= 4 is 119 Å². The van der Waals surface area contributed by atoms with E-state index < -0.39 is 0 Å². The Balaban J connectivity index is 0.977. The fourth-order valence-corrected chi connectivity index (χ4v) is 8.14. The summed E-state index contributed by atoms with van der Waals surface area (Å²) in [6.45, 7) is 0. The molecule has 220 valence electrons. The SMILES string of the molecule is O=C(CSc1nc2cc(Cl)ccc2s1)Nc1ccc(C(=O)c2ccc(NC(=O)CSc3nc4cc(Cl)ccc4s3)cc2)cc1. The molecule has 0 unspecified atom stereocenters. The third-order valence-electron chi connectivity index (χ3n) is 6.18. The molecule has 2 amide bonds. The van der Waals surface area contributed by atoms with Crippen molar-refractivity contribution in [1.82, 2.24) is 9.97 Å². The Labute approximate surface area is 278 Å². The molecule has 0 aliphatic heterocycles. The fourth-order valence-electron chi connectivity index (χ4n) is 4.11. The summed E-state index contributed by atoms with van der Waals surface area (Å²) < 4.78 is 3.61. The predicted octanol–water partition coefficient (Wildman–Crippen LogP) is 8.91. The number of fused-ring (bicyclic) bond motifs is 2. The van der Waals surface area contributed by atoms with Gasteiger partial charge in [-0.15, -0.1) is 22.7 Å². The number of amides is 2. The van der Waals surface area contributed by atoms with E-state index in [2.05, 4.69) is 20.6 Å². The minimum absolute atomic E-state index is 0.168. The highest BCUT2D eigenvalue weighted by Gasteiger charge is 2.13. The van der Waals surface area contributed by atoms with Gasteiger partial charge in [-0.2, -0.15) is 0 Å². The highest BCUT2D eigenvalue weighted by Crippen LogP contribution is 2.32. The monoisotopic (exact) mass is 694 g/mol. The van der Waals surface area contributed by atoms with E-state index in [1.807, 2.05) is 24.3 Å². The van der Waals surface area contributed by atoms with Gasteiger partial charge in [0.25, 0.3) is 0 Å². The first-order valence-corrected chi connectivity index (χ1v) is 17.4. The number of carbonyl (C=O) groups excluding carboxylic acids is 3. The van der Waals surface area contributed by atoms with E-state index in [0.29, 0.717) is 32.5 Å². The molecule has 0 radical (unpaired) electrons. The molecule has 7 nitrogen and oxygen atoms in total. The molecule has 2 N–H and O–H groups in total. The van der Waals surface area contributed by atoms with E-state index in [4.69, 9.17) is 23.2 Å². The van der Waals surface area contributed by atoms with E-state index >= 15 is 0 Å². The summed E-state index contributed by atoms with van der Waals surface area (Å²) in [6, 6.07) is 24.5. The van der Waals surface area contributed by atoms with Crippen LogP contribution in [0.5, 0.6) is 0 Å². The topological polar surface area (TPSA) is 101 Å². The first kappa shape index (κ1) is 30.6. The van der Waals surface area contributed by atoms with Crippen molar-refractivity contribution in [2.24, 2.45) is 0 Å². The number of aromatic nitrogens is 2. The van der Waals surface area contributed by atoms with Gasteiger partial charge in [-0.25, -0.2) is 9.97 Å². The van der Waals surface area contributed by atoms with Crippen LogP contribution in [0, 0.1) is 0 Å². The number of ketones is 1. The number of anilines is 2. The van der Waals surface area contributed by atoms with Crippen LogP contribution in [-0.4, -0.2) is 39.1 Å². The summed E-state index contributed by atoms with van der Waals surface area (Å²) in [5, 5.41) is 6.95. The van der Waals surface area contributed by atoms with Gasteiger partial charge in [-0.1, -0.05) is 46.7 Å². The summed E-state index contributed by atoms with van der Waals surface area (Å²) in [4.78, 5) is 47.0. The molecule has 0 spiro atoms. The highest BCUT2D eigenvalue weighted by atomic mass is 35.5. The molecule has 0 aliphatic carbocycles. The lowest BCUT2D eigenvalue weighted by Crippen LogP contribution is -2.14. The largest absolute Gasteiger partial charge is 0.325 e. The zero-order valence-corrected chi connectivity index (χ0v) is 27.3. The molecule has 13 heteroatoms. The number of carbonyl (C=O) groups is 3. The van der Waals surface area contributed by atoms with Crippen LogP contribution in [0.2, 0.25) is 10.0 Å². The van der Waals surface area contributed by atoms with Crippen LogP contribution in [0.15, 0.2) is 93.6 Å². The number of thioether (sulfide) groups is 2. The van der Waals surface area contributed by atoms with Crippen molar-refractivity contribution in [3.63, 3.8) is 0 Å². The van der Waals surface area contributed by atoms with Gasteiger partial charge in [-0.3, -0.25) is 14.4 Å². The number of hydrogen-bond acceptors (Lipinski definition) is 9. The smallest absolute Gasteiger partial charge is 0.234 e. The maximum Gasteiger partial charge on any atom is 0.234 e. The molecular weight excluding hydrogens is 676 g/mol. The third kappa shape index (κ3) is 7.60. The second-order valence-electron chi connectivity index (χ2n) is 9.34. The summed E-state index contributed by atoms with van der Waals surface area (Å²) in [5.74, 6) is -0.112. The van der Waals surface area contributed by atoms with E-state index in [0.717, 1.165) is 29.1 Å². The minimum Gasteiger partial charge on any atom is -0.325 e. The normalized spacial score (nSPS) is 11.1. The Morgan fingerprint density at radius 3 is 1.43 bits per heavy atom. The molecule has 0 atom stereocenters. The third-order valence-corrected chi connectivity index (χ3v) is 11.0. The number of nitrogens with one attached hydrogen (secondary N) is 2. The van der Waals surface area contributed by atoms with Crippen molar-refractivity contribution in [3.8, 4) is 0 Å². The molecule has 0 aliphatic rings. The summed E-state index contributed by atoms with van der Waals surface area (Å²) in [6.07, 6.45) is 0. The second-order valence-corrected chi connectivity index (χ2v) is 14.7. The average molecular weight is 696 g/mol. The predicted molar refractivity (Wildman–Crippen MR) is 184 cm³/mol. The number of thiazole rings is 2. The van der Waals surface area contributed by atoms with Crippen LogP contribution in [-0.2, 0) is 9.59 Å². The Morgan fingerprint density at radius 1 is 0.614 bits per heavy atom. The van der Waals surface area contributed by atoms with Gasteiger partial charge in [0.2, 0.25) is 11.8 Å². The van der Waals surface area contributed by atoms with Gasteiger partial charge >= 0.3 is 0 Å². The van der Waals surface area contributed by atoms with Gasteiger partial charge in [-0.05, 0) is 84.9 Å². The number of halogens is 2.